The fraction of sp³-hybridized carbons (Fsp3) is 0.300. The van der Waals surface area contributed by atoms with Crippen LogP contribution in [0.25, 0.3) is 27.7 Å². The lowest BCUT2D eigenvalue weighted by Crippen LogP contribution is -2.17. The van der Waals surface area contributed by atoms with Crippen LogP contribution < -0.4 is 15.0 Å². The number of fused-ring (bicyclic) bond motifs is 2. The van der Waals surface area contributed by atoms with Crippen molar-refractivity contribution in [1.29, 1.82) is 0 Å². The van der Waals surface area contributed by atoms with Crippen molar-refractivity contribution in [1.82, 2.24) is 19.6 Å². The Labute approximate surface area is 233 Å². The van der Waals surface area contributed by atoms with Crippen LogP contribution >= 0.6 is 0 Å². The van der Waals surface area contributed by atoms with Crippen molar-refractivity contribution in [2.45, 2.75) is 57.8 Å². The number of hydrogen-bond donors (Lipinski definition) is 2. The highest BCUT2D eigenvalue weighted by Gasteiger charge is 2.21. The Bertz CT molecular complexity index is 1840. The molecule has 0 aliphatic rings. The number of sulfonamides is 1. The predicted octanol–water partition coefficient (Wildman–Crippen LogP) is 5.87. The summed E-state index contributed by atoms with van der Waals surface area (Å²) in [5.41, 5.74) is 1.48. The van der Waals surface area contributed by atoms with Crippen molar-refractivity contribution in [3.63, 3.8) is 0 Å². The third-order valence-corrected chi connectivity index (χ3v) is 8.21. The molecule has 5 rings (SSSR count). The minimum atomic E-state index is -3.99. The van der Waals surface area contributed by atoms with Gasteiger partial charge in [0, 0.05) is 11.8 Å². The van der Waals surface area contributed by atoms with E-state index in [1.165, 1.54) is 12.1 Å². The monoisotopic (exact) mass is 559 g/mol. The second kappa shape index (κ2) is 11.5. The highest BCUT2D eigenvalue weighted by molar-refractivity contribution is 7.92. The quantitative estimate of drug-likeness (QED) is 0.196. The molecule has 0 aliphatic heterocycles. The zero-order valence-corrected chi connectivity index (χ0v) is 23.7. The van der Waals surface area contributed by atoms with Crippen LogP contribution in [0.1, 0.15) is 51.0 Å². The molecule has 0 spiro atoms. The normalized spacial score (nSPS) is 11.8. The molecule has 3 aromatic carbocycles. The summed E-state index contributed by atoms with van der Waals surface area (Å²) in [6, 6.07) is 17.6. The van der Waals surface area contributed by atoms with E-state index in [9.17, 15) is 13.2 Å². The number of nitrogens with one attached hydrogen (secondary N) is 2. The van der Waals surface area contributed by atoms with Crippen LogP contribution in [0.5, 0.6) is 5.75 Å². The molecular formula is C30H33N5O4S. The van der Waals surface area contributed by atoms with E-state index in [2.05, 4.69) is 21.6 Å². The van der Waals surface area contributed by atoms with Crippen molar-refractivity contribution >= 4 is 32.0 Å². The predicted molar refractivity (Wildman–Crippen MR) is 158 cm³/mol. The standard InChI is InChI=1S/C30H33N5O4S/c1-4-6-7-8-16-27-31-20(3)28-30(36)32-29(33-35(27)28)24-19-22(17-18-26(24)39-5-2)40(37,38)34-25-15-11-13-21-12-9-10-14-23(21)25/h9-15,17-19,34H,4-8,16H2,1-3H3,(H,32,33,36). The average molecular weight is 560 g/mol. The first-order valence-corrected chi connectivity index (χ1v) is 15.1. The van der Waals surface area contributed by atoms with E-state index < -0.39 is 10.0 Å². The number of aryl methyl sites for hydroxylation is 2. The third kappa shape index (κ3) is 5.44. The summed E-state index contributed by atoms with van der Waals surface area (Å²) in [4.78, 5) is 20.6. The van der Waals surface area contributed by atoms with Crippen LogP contribution in [0.15, 0.2) is 70.4 Å². The Kier molecular flexibility index (Phi) is 7.88. The van der Waals surface area contributed by atoms with E-state index in [-0.39, 0.29) is 16.3 Å². The smallest absolute Gasteiger partial charge is 0.277 e. The van der Waals surface area contributed by atoms with Gasteiger partial charge >= 0.3 is 0 Å². The molecule has 0 saturated heterocycles. The molecule has 2 N–H and O–H groups in total. The van der Waals surface area contributed by atoms with Gasteiger partial charge in [-0.3, -0.25) is 9.52 Å². The number of rotatable bonds is 11. The summed E-state index contributed by atoms with van der Waals surface area (Å²) < 4.78 is 37.2. The molecule has 5 aromatic rings. The lowest BCUT2D eigenvalue weighted by atomic mass is 10.1. The largest absolute Gasteiger partial charge is 0.493 e. The highest BCUT2D eigenvalue weighted by Crippen LogP contribution is 2.32. The van der Waals surface area contributed by atoms with Crippen molar-refractivity contribution in [3.05, 3.63) is 82.5 Å². The maximum absolute atomic E-state index is 13.5. The molecule has 40 heavy (non-hydrogen) atoms. The average Bonchev–Trinajstić information content (AvgIpc) is 3.27. The maximum atomic E-state index is 13.5. The number of anilines is 1. The second-order valence-corrected chi connectivity index (χ2v) is 11.4. The van der Waals surface area contributed by atoms with E-state index in [0.29, 0.717) is 47.1 Å². The van der Waals surface area contributed by atoms with Gasteiger partial charge in [-0.2, -0.15) is 0 Å². The second-order valence-electron chi connectivity index (χ2n) is 9.71. The zero-order valence-electron chi connectivity index (χ0n) is 22.9. The van der Waals surface area contributed by atoms with Gasteiger partial charge in [0.15, 0.2) is 11.3 Å². The number of nitrogens with zero attached hydrogens (tertiary/aromatic N) is 3. The molecule has 9 nitrogen and oxygen atoms in total. The highest BCUT2D eigenvalue weighted by atomic mass is 32.2. The summed E-state index contributed by atoms with van der Waals surface area (Å²) in [5, 5.41) is 6.43. The van der Waals surface area contributed by atoms with E-state index >= 15 is 0 Å². The van der Waals surface area contributed by atoms with Crippen molar-refractivity contribution < 1.29 is 13.2 Å². The summed E-state index contributed by atoms with van der Waals surface area (Å²) >= 11 is 0. The van der Waals surface area contributed by atoms with Crippen LogP contribution in [0.2, 0.25) is 0 Å². The first-order chi connectivity index (χ1) is 19.3. The molecule has 0 bridgehead atoms. The Morgan fingerprint density at radius 2 is 1.80 bits per heavy atom. The summed E-state index contributed by atoms with van der Waals surface area (Å²) in [7, 11) is -3.99. The first-order valence-electron chi connectivity index (χ1n) is 13.6. The Balaban J connectivity index is 1.58. The SMILES string of the molecule is CCCCCCc1nc(C)c2c(=O)[nH]c(-c3cc(S(=O)(=O)Nc4cccc5ccccc45)ccc3OCC)nn12. The van der Waals surface area contributed by atoms with Gasteiger partial charge in [-0.1, -0.05) is 62.6 Å². The summed E-state index contributed by atoms with van der Waals surface area (Å²) in [6.45, 7) is 6.14. The number of imidazole rings is 1. The van der Waals surface area contributed by atoms with Gasteiger partial charge in [0.1, 0.15) is 11.6 Å². The first kappa shape index (κ1) is 27.4. The minimum Gasteiger partial charge on any atom is -0.493 e. The van der Waals surface area contributed by atoms with Crippen molar-refractivity contribution in [2.24, 2.45) is 0 Å². The van der Waals surface area contributed by atoms with Gasteiger partial charge in [-0.15, -0.1) is 5.10 Å². The third-order valence-electron chi connectivity index (χ3n) is 6.85. The van der Waals surface area contributed by atoms with Crippen LogP contribution in [0.3, 0.4) is 0 Å². The Morgan fingerprint density at radius 3 is 2.60 bits per heavy atom. The molecule has 2 heterocycles. The van der Waals surface area contributed by atoms with Crippen LogP contribution in [0, 0.1) is 6.92 Å². The lowest BCUT2D eigenvalue weighted by Gasteiger charge is -2.14. The molecule has 0 atom stereocenters. The van der Waals surface area contributed by atoms with Crippen LogP contribution in [-0.4, -0.2) is 34.6 Å². The van der Waals surface area contributed by atoms with Crippen LogP contribution in [-0.2, 0) is 16.4 Å². The number of H-pyrrole nitrogens is 1. The Morgan fingerprint density at radius 1 is 1.00 bits per heavy atom. The number of aromatic amines is 1. The molecule has 0 radical (unpaired) electrons. The molecule has 0 aliphatic carbocycles. The molecule has 0 fully saturated rings. The Hall–Kier alpha value is -4.18. The van der Waals surface area contributed by atoms with Gasteiger partial charge in [0.25, 0.3) is 15.6 Å². The van der Waals surface area contributed by atoms with Gasteiger partial charge in [0.2, 0.25) is 0 Å². The molecule has 208 valence electrons. The molecule has 10 heteroatoms. The summed E-state index contributed by atoms with van der Waals surface area (Å²) in [6.07, 6.45) is 4.95. The molecule has 2 aromatic heterocycles. The minimum absolute atomic E-state index is 0.0169. The number of unbranched alkanes of at least 4 members (excludes halogenated alkanes) is 3. The van der Waals surface area contributed by atoms with Crippen molar-refractivity contribution in [3.8, 4) is 17.1 Å². The van der Waals surface area contributed by atoms with E-state index in [1.807, 2.05) is 37.3 Å². The van der Waals surface area contributed by atoms with E-state index in [0.717, 1.165) is 36.5 Å². The topological polar surface area (TPSA) is 118 Å². The zero-order chi connectivity index (χ0) is 28.3. The van der Waals surface area contributed by atoms with Crippen molar-refractivity contribution in [2.75, 3.05) is 11.3 Å². The van der Waals surface area contributed by atoms with Gasteiger partial charge in [0.05, 0.1) is 28.4 Å². The van der Waals surface area contributed by atoms with Gasteiger partial charge in [-0.05, 0) is 49.9 Å². The molecule has 0 unspecified atom stereocenters. The van der Waals surface area contributed by atoms with Gasteiger partial charge < -0.3 is 9.72 Å². The van der Waals surface area contributed by atoms with E-state index in [4.69, 9.17) is 9.84 Å². The number of benzene rings is 3. The molecule has 0 saturated carbocycles. The lowest BCUT2D eigenvalue weighted by molar-refractivity contribution is 0.341. The fourth-order valence-corrected chi connectivity index (χ4v) is 6.00. The maximum Gasteiger partial charge on any atom is 0.277 e. The molecule has 0 amide bonds. The fourth-order valence-electron chi connectivity index (χ4n) is 4.89. The number of aromatic nitrogens is 4. The molecular weight excluding hydrogens is 526 g/mol. The number of ether oxygens (including phenoxy) is 1. The van der Waals surface area contributed by atoms with Gasteiger partial charge in [-0.25, -0.2) is 17.9 Å². The van der Waals surface area contributed by atoms with E-state index in [1.54, 1.807) is 29.6 Å². The number of hydrogen-bond acceptors (Lipinski definition) is 6. The summed E-state index contributed by atoms with van der Waals surface area (Å²) in [5.74, 6) is 1.32. The van der Waals surface area contributed by atoms with Crippen LogP contribution in [0.4, 0.5) is 5.69 Å².